The van der Waals surface area contributed by atoms with Gasteiger partial charge in [-0.2, -0.15) is 0 Å². The van der Waals surface area contributed by atoms with E-state index in [9.17, 15) is 8.78 Å². The van der Waals surface area contributed by atoms with Gasteiger partial charge in [0.15, 0.2) is 5.67 Å². The lowest BCUT2D eigenvalue weighted by atomic mass is 10.1. The summed E-state index contributed by atoms with van der Waals surface area (Å²) in [6, 6.07) is 5.00. The summed E-state index contributed by atoms with van der Waals surface area (Å²) in [5, 5.41) is 0. The average Bonchev–Trinajstić information content (AvgIpc) is 2.56. The molecule has 1 saturated heterocycles. The van der Waals surface area contributed by atoms with Gasteiger partial charge >= 0.3 is 0 Å². The van der Waals surface area contributed by atoms with Crippen molar-refractivity contribution in [1.29, 1.82) is 0 Å². The summed E-state index contributed by atoms with van der Waals surface area (Å²) in [7, 11) is 0. The predicted molar refractivity (Wildman–Crippen MR) is 84.1 cm³/mol. The molecule has 1 aliphatic heterocycles. The number of hydrogen-bond donors (Lipinski definition) is 0. The molecule has 0 atom stereocenters. The van der Waals surface area contributed by atoms with Crippen LogP contribution >= 0.6 is 0 Å². The Balaban J connectivity index is 1.82. The van der Waals surface area contributed by atoms with Crippen LogP contribution in [0.2, 0.25) is 0 Å². The normalized spacial score (nSPS) is 24.9. The largest absolute Gasteiger partial charge is 0.326 e. The molecule has 0 aromatic heterocycles. The van der Waals surface area contributed by atoms with Crippen molar-refractivity contribution in [2.45, 2.75) is 38.5 Å². The zero-order chi connectivity index (χ0) is 16.7. The van der Waals surface area contributed by atoms with E-state index in [4.69, 9.17) is 14.2 Å². The topological polar surface area (TPSA) is 27.7 Å². The number of hydrogen-bond acceptors (Lipinski definition) is 3. The molecule has 23 heavy (non-hydrogen) atoms. The fraction of sp³-hybridized carbons (Fsp3) is 0.444. The number of aryl methyl sites for hydroxylation is 1. The minimum absolute atomic E-state index is 0.129. The molecule has 1 aromatic carbocycles. The molecular formula is C18H22F2O3. The molecule has 0 bridgehead atoms. The van der Waals surface area contributed by atoms with E-state index in [1.807, 2.05) is 19.1 Å². The van der Waals surface area contributed by atoms with Gasteiger partial charge in [-0.15, -0.1) is 0 Å². The van der Waals surface area contributed by atoms with Gasteiger partial charge in [-0.3, -0.25) is 0 Å². The molecular weight excluding hydrogens is 302 g/mol. The van der Waals surface area contributed by atoms with E-state index in [0.29, 0.717) is 17.5 Å². The minimum atomic E-state index is -1.68. The summed E-state index contributed by atoms with van der Waals surface area (Å²) < 4.78 is 43.4. The Morgan fingerprint density at radius 1 is 1.39 bits per heavy atom. The second-order valence-electron chi connectivity index (χ2n) is 5.49. The maximum absolute atomic E-state index is 14.0. The Labute approximate surface area is 135 Å². The molecule has 1 aromatic rings. The average molecular weight is 324 g/mol. The molecule has 1 heterocycles. The Morgan fingerprint density at radius 3 is 2.74 bits per heavy atom. The second-order valence-corrected chi connectivity index (χ2v) is 5.49. The maximum Gasteiger partial charge on any atom is 0.272 e. The van der Waals surface area contributed by atoms with Crippen LogP contribution in [0.25, 0.3) is 0 Å². The van der Waals surface area contributed by atoms with E-state index in [2.05, 4.69) is 6.58 Å². The van der Waals surface area contributed by atoms with E-state index in [1.54, 1.807) is 12.1 Å². The molecule has 0 N–H and O–H groups in total. The van der Waals surface area contributed by atoms with Crippen LogP contribution in [-0.2, 0) is 27.2 Å². The summed E-state index contributed by atoms with van der Waals surface area (Å²) in [5.74, 6) is -0.254. The number of benzene rings is 1. The standard InChI is InChI=1S/C18H22F2O3/c1-3-5-6-7-15-9-8-14(10-16(15)19)11-21-17-22-12-18(20,4-2)13-23-17/h3-5,8-10,17H,2,6-7,11-13H2,1H3/b5-3+. The highest BCUT2D eigenvalue weighted by atomic mass is 19.1. The van der Waals surface area contributed by atoms with E-state index in [-0.39, 0.29) is 25.6 Å². The van der Waals surface area contributed by atoms with Crippen molar-refractivity contribution in [3.05, 3.63) is 60.0 Å². The molecule has 1 fully saturated rings. The maximum atomic E-state index is 14.0. The number of allylic oxidation sites excluding steroid dienone is 2. The molecule has 1 aliphatic rings. The SMILES string of the molecule is C=CC1(F)COC(OCc2ccc(CC/C=C/C)c(F)c2)OC1. The van der Waals surface area contributed by atoms with E-state index in [1.165, 1.54) is 6.07 Å². The van der Waals surface area contributed by atoms with Crippen molar-refractivity contribution in [3.63, 3.8) is 0 Å². The molecule has 2 rings (SSSR count). The van der Waals surface area contributed by atoms with Crippen LogP contribution in [0.5, 0.6) is 0 Å². The number of alkyl halides is 1. The number of ether oxygens (including phenoxy) is 3. The van der Waals surface area contributed by atoms with Gasteiger partial charge in [-0.1, -0.05) is 36.9 Å². The van der Waals surface area contributed by atoms with Gasteiger partial charge in [0.1, 0.15) is 5.82 Å². The Morgan fingerprint density at radius 2 is 2.13 bits per heavy atom. The summed E-state index contributed by atoms with van der Waals surface area (Å²) in [5.41, 5.74) is -0.337. The van der Waals surface area contributed by atoms with Gasteiger partial charge in [-0.25, -0.2) is 8.78 Å². The van der Waals surface area contributed by atoms with Crippen molar-refractivity contribution in [3.8, 4) is 0 Å². The molecule has 0 spiro atoms. The molecule has 3 nitrogen and oxygen atoms in total. The highest BCUT2D eigenvalue weighted by Crippen LogP contribution is 2.22. The fourth-order valence-electron chi connectivity index (χ4n) is 2.17. The smallest absolute Gasteiger partial charge is 0.272 e. The highest BCUT2D eigenvalue weighted by Gasteiger charge is 2.34. The van der Waals surface area contributed by atoms with Crippen LogP contribution in [0.15, 0.2) is 43.0 Å². The Hall–Kier alpha value is -1.56. The minimum Gasteiger partial charge on any atom is -0.326 e. The van der Waals surface area contributed by atoms with Crippen LogP contribution in [0.3, 0.4) is 0 Å². The lowest BCUT2D eigenvalue weighted by molar-refractivity contribution is -0.336. The quantitative estimate of drug-likeness (QED) is 0.708. The van der Waals surface area contributed by atoms with Gasteiger partial charge in [-0.05, 0) is 37.0 Å². The van der Waals surface area contributed by atoms with Crippen molar-refractivity contribution in [1.82, 2.24) is 0 Å². The zero-order valence-electron chi connectivity index (χ0n) is 13.3. The first kappa shape index (κ1) is 17.8. The van der Waals surface area contributed by atoms with Gasteiger partial charge in [0, 0.05) is 0 Å². The summed E-state index contributed by atoms with van der Waals surface area (Å²) >= 11 is 0. The molecule has 0 amide bonds. The van der Waals surface area contributed by atoms with Crippen LogP contribution < -0.4 is 0 Å². The van der Waals surface area contributed by atoms with E-state index < -0.39 is 12.1 Å². The third kappa shape index (κ3) is 5.23. The van der Waals surface area contributed by atoms with Crippen LogP contribution in [-0.4, -0.2) is 25.4 Å². The first-order valence-electron chi connectivity index (χ1n) is 7.62. The predicted octanol–water partition coefficient (Wildman–Crippen LogP) is 4.08. The molecule has 0 radical (unpaired) electrons. The zero-order valence-corrected chi connectivity index (χ0v) is 13.3. The van der Waals surface area contributed by atoms with Crippen LogP contribution in [0.1, 0.15) is 24.5 Å². The van der Waals surface area contributed by atoms with Crippen LogP contribution in [0.4, 0.5) is 8.78 Å². The van der Waals surface area contributed by atoms with E-state index in [0.717, 1.165) is 12.5 Å². The summed E-state index contributed by atoms with van der Waals surface area (Å²) in [6.45, 7) is 4.18. The van der Waals surface area contributed by atoms with Gasteiger partial charge in [0.05, 0.1) is 19.8 Å². The monoisotopic (exact) mass is 324 g/mol. The Bertz CT molecular complexity index is 549. The lowest BCUT2D eigenvalue weighted by Crippen LogP contribution is -2.43. The van der Waals surface area contributed by atoms with Crippen molar-refractivity contribution >= 4 is 0 Å². The second kappa shape index (κ2) is 8.34. The summed E-state index contributed by atoms with van der Waals surface area (Å²) in [4.78, 5) is 0. The number of rotatable bonds is 7. The number of halogens is 2. The lowest BCUT2D eigenvalue weighted by Gasteiger charge is -2.31. The first-order chi connectivity index (χ1) is 11.1. The summed E-state index contributed by atoms with van der Waals surface area (Å²) in [6.07, 6.45) is 6.57. The third-order valence-electron chi connectivity index (χ3n) is 3.60. The highest BCUT2D eigenvalue weighted by molar-refractivity contribution is 5.24. The van der Waals surface area contributed by atoms with Gasteiger partial charge < -0.3 is 14.2 Å². The van der Waals surface area contributed by atoms with Crippen molar-refractivity contribution in [2.75, 3.05) is 13.2 Å². The molecule has 5 heteroatoms. The van der Waals surface area contributed by atoms with Crippen LogP contribution in [0, 0.1) is 5.82 Å². The van der Waals surface area contributed by atoms with Gasteiger partial charge in [0.25, 0.3) is 6.48 Å². The molecule has 126 valence electrons. The van der Waals surface area contributed by atoms with Crippen molar-refractivity contribution in [2.24, 2.45) is 0 Å². The van der Waals surface area contributed by atoms with E-state index >= 15 is 0 Å². The molecule has 0 aliphatic carbocycles. The molecule has 0 unspecified atom stereocenters. The fourth-order valence-corrected chi connectivity index (χ4v) is 2.17. The third-order valence-corrected chi connectivity index (χ3v) is 3.60. The van der Waals surface area contributed by atoms with Crippen molar-refractivity contribution < 1.29 is 23.0 Å². The Kier molecular flexibility index (Phi) is 6.45. The first-order valence-corrected chi connectivity index (χ1v) is 7.62. The van der Waals surface area contributed by atoms with Gasteiger partial charge in [0.2, 0.25) is 0 Å². The molecule has 0 saturated carbocycles.